The van der Waals surface area contributed by atoms with E-state index in [1.807, 2.05) is 30.3 Å². The number of amides is 2. The van der Waals surface area contributed by atoms with Crippen molar-refractivity contribution in [2.75, 3.05) is 18.5 Å². The Bertz CT molecular complexity index is 756. The maximum atomic E-state index is 13.1. The van der Waals surface area contributed by atoms with Gasteiger partial charge in [0.2, 0.25) is 0 Å². The Kier molecular flexibility index (Phi) is 7.56. The van der Waals surface area contributed by atoms with Gasteiger partial charge in [-0.15, -0.1) is 0 Å². The third kappa shape index (κ3) is 5.82. The van der Waals surface area contributed by atoms with Crippen molar-refractivity contribution in [1.29, 1.82) is 0 Å². The van der Waals surface area contributed by atoms with Gasteiger partial charge in [0.05, 0.1) is 5.02 Å². The van der Waals surface area contributed by atoms with Crippen LogP contribution in [0.1, 0.15) is 24.3 Å². The molecule has 0 fully saturated rings. The second-order valence-electron chi connectivity index (χ2n) is 5.75. The lowest BCUT2D eigenvalue weighted by Crippen LogP contribution is -2.36. The zero-order chi connectivity index (χ0) is 18.9. The normalized spacial score (nSPS) is 11.7. The molecule has 7 heteroatoms. The summed E-state index contributed by atoms with van der Waals surface area (Å²) in [5.41, 5.74) is 1.31. The molecule has 26 heavy (non-hydrogen) atoms. The lowest BCUT2D eigenvalue weighted by molar-refractivity contribution is -0.136. The molecule has 0 aromatic heterocycles. The number of anilines is 1. The van der Waals surface area contributed by atoms with Crippen LogP contribution in [0.2, 0.25) is 5.02 Å². The van der Waals surface area contributed by atoms with Gasteiger partial charge in [0.15, 0.2) is 0 Å². The van der Waals surface area contributed by atoms with E-state index in [4.69, 9.17) is 11.6 Å². The molecular weight excluding hydrogens is 359 g/mol. The molecule has 0 saturated carbocycles. The first-order valence-corrected chi connectivity index (χ1v) is 8.59. The molecule has 1 atom stereocenters. The van der Waals surface area contributed by atoms with Crippen LogP contribution in [-0.4, -0.2) is 30.1 Å². The minimum Gasteiger partial charge on any atom is -0.396 e. The summed E-state index contributed by atoms with van der Waals surface area (Å²) in [7, 11) is 0. The number of nitrogens with one attached hydrogen (secondary N) is 2. The SMILES string of the molecule is O=C(NCC[C@H](CCO)c1ccccc1)C(=O)Nc1ccc(F)c(Cl)c1. The molecule has 0 aliphatic rings. The minimum atomic E-state index is -0.855. The second-order valence-corrected chi connectivity index (χ2v) is 6.15. The molecule has 0 unspecified atom stereocenters. The standard InChI is InChI=1S/C19H20ClFN2O3/c20-16-12-15(6-7-17(16)21)23-19(26)18(25)22-10-8-14(9-11-24)13-4-2-1-3-5-13/h1-7,12,14,24H,8-11H2,(H,22,25)(H,23,26)/t14-/m1/s1. The maximum Gasteiger partial charge on any atom is 0.313 e. The average molecular weight is 379 g/mol. The Morgan fingerprint density at radius 1 is 1.08 bits per heavy atom. The summed E-state index contributed by atoms with van der Waals surface area (Å²) in [6.07, 6.45) is 1.16. The van der Waals surface area contributed by atoms with Crippen LogP contribution in [0.25, 0.3) is 0 Å². The lowest BCUT2D eigenvalue weighted by atomic mass is 9.93. The van der Waals surface area contributed by atoms with Gasteiger partial charge in [-0.3, -0.25) is 9.59 Å². The summed E-state index contributed by atoms with van der Waals surface area (Å²) in [5, 5.41) is 14.0. The van der Waals surface area contributed by atoms with Crippen molar-refractivity contribution in [3.05, 3.63) is 64.9 Å². The van der Waals surface area contributed by atoms with E-state index >= 15 is 0 Å². The maximum absolute atomic E-state index is 13.1. The molecule has 2 aromatic rings. The summed E-state index contributed by atoms with van der Waals surface area (Å²) in [4.78, 5) is 23.8. The van der Waals surface area contributed by atoms with Gasteiger partial charge in [-0.1, -0.05) is 41.9 Å². The van der Waals surface area contributed by atoms with E-state index < -0.39 is 17.6 Å². The quantitative estimate of drug-likeness (QED) is 0.648. The number of hydrogen-bond donors (Lipinski definition) is 3. The number of halogens is 2. The number of carbonyl (C=O) groups excluding carboxylic acids is 2. The molecule has 0 radical (unpaired) electrons. The van der Waals surface area contributed by atoms with Gasteiger partial charge < -0.3 is 15.7 Å². The van der Waals surface area contributed by atoms with Gasteiger partial charge in [-0.05, 0) is 42.5 Å². The first-order chi connectivity index (χ1) is 12.5. The summed E-state index contributed by atoms with van der Waals surface area (Å²) in [6, 6.07) is 13.3. The van der Waals surface area contributed by atoms with E-state index in [-0.39, 0.29) is 29.8 Å². The predicted molar refractivity (Wildman–Crippen MR) is 98.6 cm³/mol. The van der Waals surface area contributed by atoms with Crippen molar-refractivity contribution in [3.63, 3.8) is 0 Å². The number of carbonyl (C=O) groups is 2. The van der Waals surface area contributed by atoms with Crippen molar-refractivity contribution in [2.45, 2.75) is 18.8 Å². The number of hydrogen-bond acceptors (Lipinski definition) is 3. The van der Waals surface area contributed by atoms with E-state index in [1.54, 1.807) is 0 Å². The molecule has 2 aromatic carbocycles. The Morgan fingerprint density at radius 3 is 2.46 bits per heavy atom. The van der Waals surface area contributed by atoms with Gasteiger partial charge in [0, 0.05) is 18.8 Å². The van der Waals surface area contributed by atoms with Gasteiger partial charge >= 0.3 is 11.8 Å². The van der Waals surface area contributed by atoms with Crippen molar-refractivity contribution < 1.29 is 19.1 Å². The van der Waals surface area contributed by atoms with Crippen molar-refractivity contribution in [1.82, 2.24) is 5.32 Å². The molecule has 0 saturated heterocycles. The van der Waals surface area contributed by atoms with Crippen molar-refractivity contribution in [2.24, 2.45) is 0 Å². The van der Waals surface area contributed by atoms with Crippen LogP contribution in [-0.2, 0) is 9.59 Å². The highest BCUT2D eigenvalue weighted by Crippen LogP contribution is 2.22. The second kappa shape index (κ2) is 9.89. The number of aliphatic hydroxyl groups is 1. The predicted octanol–water partition coefficient (Wildman–Crippen LogP) is 3.09. The highest BCUT2D eigenvalue weighted by Gasteiger charge is 2.16. The Balaban J connectivity index is 1.84. The molecule has 0 spiro atoms. The summed E-state index contributed by atoms with van der Waals surface area (Å²) in [5.74, 6) is -2.17. The number of rotatable bonds is 7. The molecule has 5 nitrogen and oxygen atoms in total. The van der Waals surface area contributed by atoms with Gasteiger partial charge in [-0.2, -0.15) is 0 Å². The Hall–Kier alpha value is -2.44. The molecule has 0 aliphatic heterocycles. The average Bonchev–Trinajstić information content (AvgIpc) is 2.64. The summed E-state index contributed by atoms with van der Waals surface area (Å²) in [6.45, 7) is 0.329. The van der Waals surface area contributed by atoms with E-state index in [2.05, 4.69) is 10.6 Å². The van der Waals surface area contributed by atoms with Crippen molar-refractivity contribution in [3.8, 4) is 0 Å². The smallest absolute Gasteiger partial charge is 0.313 e. The molecule has 0 heterocycles. The highest BCUT2D eigenvalue weighted by atomic mass is 35.5. The molecular formula is C19H20ClFN2O3. The van der Waals surface area contributed by atoms with Crippen LogP contribution in [0.15, 0.2) is 48.5 Å². The number of aliphatic hydroxyl groups excluding tert-OH is 1. The van der Waals surface area contributed by atoms with E-state index in [0.29, 0.717) is 12.8 Å². The largest absolute Gasteiger partial charge is 0.396 e. The van der Waals surface area contributed by atoms with Gasteiger partial charge in [-0.25, -0.2) is 4.39 Å². The van der Waals surface area contributed by atoms with Crippen LogP contribution in [0.4, 0.5) is 10.1 Å². The zero-order valence-corrected chi connectivity index (χ0v) is 14.8. The van der Waals surface area contributed by atoms with Crippen molar-refractivity contribution >= 4 is 29.1 Å². The first kappa shape index (κ1) is 19.9. The van der Waals surface area contributed by atoms with E-state index in [0.717, 1.165) is 11.6 Å². The zero-order valence-electron chi connectivity index (χ0n) is 14.0. The van der Waals surface area contributed by atoms with Crippen LogP contribution >= 0.6 is 11.6 Å². The fourth-order valence-electron chi connectivity index (χ4n) is 2.56. The van der Waals surface area contributed by atoms with Crippen LogP contribution in [0, 0.1) is 5.82 Å². The molecule has 0 aliphatic carbocycles. The minimum absolute atomic E-state index is 0.0410. The lowest BCUT2D eigenvalue weighted by Gasteiger charge is -2.16. The topological polar surface area (TPSA) is 78.4 Å². The van der Waals surface area contributed by atoms with Gasteiger partial charge in [0.25, 0.3) is 0 Å². The fraction of sp³-hybridized carbons (Fsp3) is 0.263. The highest BCUT2D eigenvalue weighted by molar-refractivity contribution is 6.39. The third-order valence-electron chi connectivity index (χ3n) is 3.91. The van der Waals surface area contributed by atoms with E-state index in [9.17, 15) is 19.1 Å². The first-order valence-electron chi connectivity index (χ1n) is 8.21. The van der Waals surface area contributed by atoms with Crippen LogP contribution in [0.5, 0.6) is 0 Å². The monoisotopic (exact) mass is 378 g/mol. The molecule has 138 valence electrons. The summed E-state index contributed by atoms with van der Waals surface area (Å²) < 4.78 is 13.1. The molecule has 2 amide bonds. The van der Waals surface area contributed by atoms with E-state index in [1.165, 1.54) is 12.1 Å². The Labute approximate surface area is 156 Å². The molecule has 2 rings (SSSR count). The van der Waals surface area contributed by atoms with Crippen LogP contribution < -0.4 is 10.6 Å². The summed E-state index contributed by atoms with van der Waals surface area (Å²) >= 11 is 5.64. The van der Waals surface area contributed by atoms with Gasteiger partial charge in [0.1, 0.15) is 5.82 Å². The third-order valence-corrected chi connectivity index (χ3v) is 4.20. The molecule has 0 bridgehead atoms. The Morgan fingerprint density at radius 2 is 1.81 bits per heavy atom. The fourth-order valence-corrected chi connectivity index (χ4v) is 2.74. The molecule has 3 N–H and O–H groups in total. The van der Waals surface area contributed by atoms with Crippen LogP contribution in [0.3, 0.4) is 0 Å². The number of benzene rings is 2.